The highest BCUT2D eigenvalue weighted by Crippen LogP contribution is 2.41. The lowest BCUT2D eigenvalue weighted by Crippen LogP contribution is -2.31. The van der Waals surface area contributed by atoms with E-state index in [4.69, 9.17) is 24.6 Å². The van der Waals surface area contributed by atoms with E-state index in [0.717, 1.165) is 44.8 Å². The van der Waals surface area contributed by atoms with Crippen LogP contribution in [-0.4, -0.2) is 33.8 Å². The summed E-state index contributed by atoms with van der Waals surface area (Å²) in [5.41, 5.74) is 13.4. The second kappa shape index (κ2) is 19.4. The van der Waals surface area contributed by atoms with Crippen molar-refractivity contribution in [1.82, 2.24) is 10.3 Å². The van der Waals surface area contributed by atoms with Crippen molar-refractivity contribution < 1.29 is 28.6 Å². The molecule has 1 aliphatic rings. The summed E-state index contributed by atoms with van der Waals surface area (Å²) in [7, 11) is 0. The van der Waals surface area contributed by atoms with Gasteiger partial charge in [0, 0.05) is 48.3 Å². The van der Waals surface area contributed by atoms with Crippen LogP contribution in [0.2, 0.25) is 0 Å². The maximum absolute atomic E-state index is 12.6. The molecule has 0 radical (unpaired) electrons. The number of nitrogens with zero attached hydrogens (tertiary/aromatic N) is 1. The summed E-state index contributed by atoms with van der Waals surface area (Å²) in [6.07, 6.45) is 1.39. The van der Waals surface area contributed by atoms with E-state index >= 15 is 0 Å². The summed E-state index contributed by atoms with van der Waals surface area (Å²) in [6, 6.07) is 42.9. The zero-order chi connectivity index (χ0) is 39.4. The first-order valence-electron chi connectivity index (χ1n) is 19.2. The molecule has 57 heavy (non-hydrogen) atoms. The van der Waals surface area contributed by atoms with Crippen molar-refractivity contribution in [3.63, 3.8) is 0 Å². The molecule has 7 rings (SSSR count). The second-order valence-electron chi connectivity index (χ2n) is 13.9. The predicted octanol–water partition coefficient (Wildman–Crippen LogP) is 9.24. The number of aromatic nitrogens is 1. The number of benzene rings is 5. The quantitative estimate of drug-likeness (QED) is 0.0428. The highest BCUT2D eigenvalue weighted by molar-refractivity contribution is 7.99. The number of oxazole rings is 1. The first-order valence-corrected chi connectivity index (χ1v) is 20.2. The van der Waals surface area contributed by atoms with Crippen LogP contribution < -0.4 is 16.4 Å². The molecule has 1 fully saturated rings. The molecule has 2 heterocycles. The molecule has 0 bridgehead atoms. The Hall–Kier alpha value is -5.72. The number of nitrogen functional groups attached to an aromatic ring is 1. The third kappa shape index (κ3) is 10.8. The van der Waals surface area contributed by atoms with Crippen molar-refractivity contribution >= 4 is 35.0 Å². The first-order chi connectivity index (χ1) is 27.9. The van der Waals surface area contributed by atoms with E-state index in [0.29, 0.717) is 61.0 Å². The number of amides is 2. The number of ether oxygens (including phenoxy) is 2. The lowest BCUT2D eigenvalue weighted by atomic mass is 10.0. The van der Waals surface area contributed by atoms with E-state index in [-0.39, 0.29) is 30.6 Å². The Morgan fingerprint density at radius 3 is 2.07 bits per heavy atom. The standard InChI is InChI=1S/C46H46N4O6S/c47-38-15-7-8-16-39(38)49-42(53)18-10-9-17-41(52)48-28-31-19-25-36(26-20-31)45-54-37(27-40(55-45)33-23-21-32(29-51)22-24-33)30-57-46-50-43(34-11-3-1-4-12-34)44(56-46)35-13-5-2-6-14-35/h1-8,11-16,19-26,37,40,45,51H,9-10,17-18,27-30,47H2,(H,48,52)(H,49,53)/t37-,40+,45+/m0/s1. The number of rotatable bonds is 16. The fourth-order valence-electron chi connectivity index (χ4n) is 6.60. The molecular formula is C46H46N4O6S. The van der Waals surface area contributed by atoms with Gasteiger partial charge in [0.15, 0.2) is 12.1 Å². The number of unbranched alkanes of at least 4 members (excludes halogenated alkanes) is 1. The lowest BCUT2D eigenvalue weighted by Gasteiger charge is -2.36. The summed E-state index contributed by atoms with van der Waals surface area (Å²) in [5, 5.41) is 16.0. The first kappa shape index (κ1) is 39.5. The Bertz CT molecular complexity index is 2160. The Kier molecular flexibility index (Phi) is 13.5. The number of anilines is 2. The van der Waals surface area contributed by atoms with Gasteiger partial charge in [-0.05, 0) is 41.7 Å². The number of carbonyl (C=O) groups excluding carboxylic acids is 2. The van der Waals surface area contributed by atoms with Gasteiger partial charge >= 0.3 is 0 Å². The van der Waals surface area contributed by atoms with E-state index in [2.05, 4.69) is 10.6 Å². The zero-order valence-electron chi connectivity index (χ0n) is 31.5. The fourth-order valence-corrected chi connectivity index (χ4v) is 7.44. The normalized spacial score (nSPS) is 16.5. The summed E-state index contributed by atoms with van der Waals surface area (Å²) < 4.78 is 19.6. The number of aliphatic hydroxyl groups is 1. The molecule has 0 saturated carbocycles. The SMILES string of the molecule is Nc1ccccc1NC(=O)CCCCC(=O)NCc1ccc([C@@H]2O[C@H](CSc3nc(-c4ccccc4)c(-c4ccccc4)o3)C[C@H](c3ccc(CO)cc3)O2)cc1. The Labute approximate surface area is 336 Å². The van der Waals surface area contributed by atoms with Crippen LogP contribution in [0.5, 0.6) is 0 Å². The van der Waals surface area contributed by atoms with Gasteiger partial charge in [0.1, 0.15) is 5.69 Å². The average Bonchev–Trinajstić information content (AvgIpc) is 3.70. The summed E-state index contributed by atoms with van der Waals surface area (Å²) in [5.74, 6) is 1.12. The van der Waals surface area contributed by atoms with Crippen molar-refractivity contribution in [1.29, 1.82) is 0 Å². The maximum atomic E-state index is 12.6. The van der Waals surface area contributed by atoms with Crippen LogP contribution in [0.15, 0.2) is 143 Å². The van der Waals surface area contributed by atoms with Gasteiger partial charge in [0.2, 0.25) is 11.8 Å². The van der Waals surface area contributed by atoms with Crippen LogP contribution in [0, 0.1) is 0 Å². The van der Waals surface area contributed by atoms with Crippen LogP contribution in [0.25, 0.3) is 22.6 Å². The largest absolute Gasteiger partial charge is 0.431 e. The van der Waals surface area contributed by atoms with Gasteiger partial charge in [-0.1, -0.05) is 133 Å². The topological polar surface area (TPSA) is 149 Å². The van der Waals surface area contributed by atoms with Gasteiger partial charge in [-0.25, -0.2) is 4.98 Å². The lowest BCUT2D eigenvalue weighted by molar-refractivity contribution is -0.245. The molecule has 6 aromatic rings. The highest BCUT2D eigenvalue weighted by atomic mass is 32.2. The molecule has 5 aromatic carbocycles. The zero-order valence-corrected chi connectivity index (χ0v) is 32.3. The highest BCUT2D eigenvalue weighted by Gasteiger charge is 2.33. The smallest absolute Gasteiger partial charge is 0.256 e. The molecule has 3 atom stereocenters. The third-order valence-corrected chi connectivity index (χ3v) is 10.7. The van der Waals surface area contributed by atoms with E-state index in [9.17, 15) is 14.7 Å². The molecule has 1 saturated heterocycles. The van der Waals surface area contributed by atoms with Crippen LogP contribution in [0.3, 0.4) is 0 Å². The van der Waals surface area contributed by atoms with Crippen LogP contribution >= 0.6 is 11.8 Å². The number of carbonyl (C=O) groups is 2. The number of para-hydroxylation sites is 2. The molecule has 0 spiro atoms. The third-order valence-electron chi connectivity index (χ3n) is 9.73. The fraction of sp³-hybridized carbons (Fsp3) is 0.239. The van der Waals surface area contributed by atoms with Crippen LogP contribution in [0.1, 0.15) is 66.8 Å². The Morgan fingerprint density at radius 1 is 0.737 bits per heavy atom. The molecule has 1 aliphatic heterocycles. The van der Waals surface area contributed by atoms with Crippen molar-refractivity contribution in [3.8, 4) is 22.6 Å². The van der Waals surface area contributed by atoms with E-state index in [1.165, 1.54) is 11.8 Å². The minimum absolute atomic E-state index is 0.0279. The Balaban J connectivity index is 0.961. The number of aliphatic hydroxyl groups excluding tert-OH is 1. The van der Waals surface area contributed by atoms with Gasteiger partial charge in [-0.15, -0.1) is 0 Å². The van der Waals surface area contributed by atoms with E-state index < -0.39 is 6.29 Å². The molecule has 11 heteroatoms. The molecule has 5 N–H and O–H groups in total. The van der Waals surface area contributed by atoms with Gasteiger partial charge in [-0.2, -0.15) is 0 Å². The van der Waals surface area contributed by atoms with E-state index in [1.807, 2.05) is 121 Å². The van der Waals surface area contributed by atoms with E-state index in [1.54, 1.807) is 12.1 Å². The van der Waals surface area contributed by atoms with Gasteiger partial charge in [0.05, 0.1) is 30.2 Å². The summed E-state index contributed by atoms with van der Waals surface area (Å²) in [4.78, 5) is 29.8. The van der Waals surface area contributed by atoms with Crippen molar-refractivity contribution in [2.24, 2.45) is 0 Å². The molecule has 292 valence electrons. The predicted molar refractivity (Wildman–Crippen MR) is 223 cm³/mol. The van der Waals surface area contributed by atoms with Crippen molar-refractivity contribution in [3.05, 3.63) is 156 Å². The molecule has 2 amide bonds. The maximum Gasteiger partial charge on any atom is 0.256 e. The van der Waals surface area contributed by atoms with Gasteiger partial charge in [0.25, 0.3) is 5.22 Å². The molecule has 1 aromatic heterocycles. The van der Waals surface area contributed by atoms with Crippen molar-refractivity contribution in [2.75, 3.05) is 16.8 Å². The van der Waals surface area contributed by atoms with Crippen LogP contribution in [0.4, 0.5) is 11.4 Å². The second-order valence-corrected chi connectivity index (χ2v) is 14.9. The number of nitrogens with one attached hydrogen (secondary N) is 2. The minimum Gasteiger partial charge on any atom is -0.431 e. The molecule has 10 nitrogen and oxygen atoms in total. The minimum atomic E-state index is -0.629. The van der Waals surface area contributed by atoms with Crippen LogP contribution in [-0.2, 0) is 32.2 Å². The number of nitrogens with two attached hydrogens (primary N) is 1. The average molecular weight is 783 g/mol. The summed E-state index contributed by atoms with van der Waals surface area (Å²) in [6.45, 7) is 0.352. The van der Waals surface area contributed by atoms with Gasteiger partial charge in [-0.3, -0.25) is 9.59 Å². The van der Waals surface area contributed by atoms with Gasteiger partial charge < -0.3 is 35.4 Å². The number of hydrogen-bond donors (Lipinski definition) is 4. The molecule has 0 aliphatic carbocycles. The molecular weight excluding hydrogens is 737 g/mol. The number of hydrogen-bond acceptors (Lipinski definition) is 9. The van der Waals surface area contributed by atoms with Crippen molar-refractivity contribution in [2.45, 2.75) is 69.0 Å². The Morgan fingerprint density at radius 2 is 1.37 bits per heavy atom. The molecule has 0 unspecified atom stereocenters. The number of thioether (sulfide) groups is 1. The monoisotopic (exact) mass is 782 g/mol. The summed E-state index contributed by atoms with van der Waals surface area (Å²) >= 11 is 1.52.